The Morgan fingerprint density at radius 2 is 2.00 bits per heavy atom. The van der Waals surface area contributed by atoms with Gasteiger partial charge in [0, 0.05) is 51.6 Å². The minimum absolute atomic E-state index is 0.00289. The van der Waals surface area contributed by atoms with Gasteiger partial charge >= 0.3 is 6.16 Å². The summed E-state index contributed by atoms with van der Waals surface area (Å²) in [6.45, 7) is 3.68. The molecule has 0 aliphatic carbocycles. The summed E-state index contributed by atoms with van der Waals surface area (Å²) in [6.07, 6.45) is 0.0747. The van der Waals surface area contributed by atoms with Gasteiger partial charge in [-0.1, -0.05) is 23.4 Å². The molecular weight excluding hydrogens is 642 g/mol. The number of H-pyrrole nitrogens is 1. The van der Waals surface area contributed by atoms with Crippen LogP contribution in [0, 0.1) is 10.1 Å². The molecule has 1 fully saturated rings. The maximum atomic E-state index is 12.5. The van der Waals surface area contributed by atoms with Crippen LogP contribution < -0.4 is 19.7 Å². The second-order valence-electron chi connectivity index (χ2n) is 11.7. The Bertz CT molecular complexity index is 1460. The molecule has 1 aromatic heterocycles. The number of carbonyl (C=O) groups excluding carboxylic acids is 1. The zero-order valence-corrected chi connectivity index (χ0v) is 27.7. The Balaban J connectivity index is 1.24. The topological polar surface area (TPSA) is 195 Å². The lowest BCUT2D eigenvalue weighted by atomic mass is 9.82. The zero-order chi connectivity index (χ0) is 34.4. The smallest absolute Gasteiger partial charge is 0.497 e. The summed E-state index contributed by atoms with van der Waals surface area (Å²) in [5, 5.41) is 27.1. The van der Waals surface area contributed by atoms with Crippen LogP contribution in [0.1, 0.15) is 54.7 Å². The molecule has 17 heteroatoms. The first-order valence-electron chi connectivity index (χ1n) is 16.3. The molecule has 0 spiro atoms. The Hall–Kier alpha value is -4.74. The van der Waals surface area contributed by atoms with Crippen molar-refractivity contribution in [2.75, 3.05) is 65.2 Å². The first-order chi connectivity index (χ1) is 23.9. The minimum atomic E-state index is -0.952. The van der Waals surface area contributed by atoms with Crippen LogP contribution in [0.2, 0.25) is 0 Å². The molecule has 2 aliphatic heterocycles. The van der Waals surface area contributed by atoms with Gasteiger partial charge in [0.2, 0.25) is 5.82 Å². The van der Waals surface area contributed by atoms with Gasteiger partial charge in [0.25, 0.3) is 5.09 Å². The minimum Gasteiger partial charge on any atom is -0.497 e. The third kappa shape index (κ3) is 10.4. The number of rotatable bonds is 18. The highest BCUT2D eigenvalue weighted by atomic mass is 16.9. The van der Waals surface area contributed by atoms with Gasteiger partial charge in [0.1, 0.15) is 18.1 Å². The highest BCUT2D eigenvalue weighted by Gasteiger charge is 2.35. The van der Waals surface area contributed by atoms with Crippen molar-refractivity contribution in [1.29, 1.82) is 0 Å². The van der Waals surface area contributed by atoms with Crippen LogP contribution in [-0.4, -0.2) is 104 Å². The van der Waals surface area contributed by atoms with Crippen molar-refractivity contribution < 1.29 is 43.1 Å². The highest BCUT2D eigenvalue weighted by molar-refractivity contribution is 5.61. The van der Waals surface area contributed by atoms with E-state index in [2.05, 4.69) is 41.7 Å². The van der Waals surface area contributed by atoms with Crippen molar-refractivity contribution in [3.63, 3.8) is 0 Å². The summed E-state index contributed by atoms with van der Waals surface area (Å²) in [7, 11) is 3.35. The number of tetrazole rings is 1. The first-order valence-corrected chi connectivity index (χ1v) is 16.3. The molecular formula is C32H43N7O10. The normalized spacial score (nSPS) is 19.3. The molecule has 0 saturated carbocycles. The van der Waals surface area contributed by atoms with Crippen LogP contribution in [0.3, 0.4) is 0 Å². The number of hydrogen-bond donors (Lipinski definition) is 2. The second-order valence-corrected chi connectivity index (χ2v) is 11.7. The Morgan fingerprint density at radius 3 is 2.76 bits per heavy atom. The number of nitrogens with zero attached hydrogens (tertiary/aromatic N) is 5. The predicted molar refractivity (Wildman–Crippen MR) is 173 cm³/mol. The lowest BCUT2D eigenvalue weighted by Gasteiger charge is -2.38. The third-order valence-corrected chi connectivity index (χ3v) is 8.45. The summed E-state index contributed by atoms with van der Waals surface area (Å²) in [5.74, 6) is 1.83. The maximum absolute atomic E-state index is 12.5. The van der Waals surface area contributed by atoms with Crippen LogP contribution in [0.15, 0.2) is 42.5 Å². The molecule has 2 aliphatic rings. The quantitative estimate of drug-likeness (QED) is 0.0856. The first kappa shape index (κ1) is 35.6. The number of hydrogen-bond acceptors (Lipinski definition) is 15. The average Bonchev–Trinajstić information content (AvgIpc) is 3.66. The van der Waals surface area contributed by atoms with Gasteiger partial charge in [0.15, 0.2) is 6.10 Å². The van der Waals surface area contributed by atoms with Crippen LogP contribution in [0.5, 0.6) is 11.5 Å². The van der Waals surface area contributed by atoms with Gasteiger partial charge in [-0.2, -0.15) is 5.21 Å². The number of ether oxygens (including phenoxy) is 6. The highest BCUT2D eigenvalue weighted by Crippen LogP contribution is 2.36. The van der Waals surface area contributed by atoms with E-state index in [4.69, 9.17) is 28.4 Å². The number of methoxy groups -OCH3 is 2. The molecule has 17 nitrogen and oxygen atoms in total. The van der Waals surface area contributed by atoms with Gasteiger partial charge in [-0.15, -0.1) is 20.3 Å². The molecule has 49 heavy (non-hydrogen) atoms. The van der Waals surface area contributed by atoms with Crippen molar-refractivity contribution in [3.8, 4) is 11.5 Å². The van der Waals surface area contributed by atoms with Gasteiger partial charge in [-0.25, -0.2) is 4.79 Å². The molecule has 3 heterocycles. The van der Waals surface area contributed by atoms with Gasteiger partial charge < -0.3 is 43.5 Å². The molecule has 2 aromatic carbocycles. The molecule has 1 saturated heterocycles. The van der Waals surface area contributed by atoms with Crippen molar-refractivity contribution >= 4 is 11.8 Å². The van der Waals surface area contributed by atoms with E-state index in [0.717, 1.165) is 47.8 Å². The number of piperidine rings is 1. The SMILES string of the molecule is COCCCN1CCOc2ccc(COC3CNC(CC(OC(=O)OCCCO[N+](=O)[O-])c4nn[nH]n4)CC3c3ccc(OC)cc3)cc21. The summed E-state index contributed by atoms with van der Waals surface area (Å²) in [6, 6.07) is 14.0. The molecule has 266 valence electrons. The van der Waals surface area contributed by atoms with E-state index in [1.807, 2.05) is 36.4 Å². The van der Waals surface area contributed by atoms with Gasteiger partial charge in [-0.05, 0) is 48.2 Å². The molecule has 3 aromatic rings. The number of aromatic nitrogens is 4. The van der Waals surface area contributed by atoms with E-state index in [9.17, 15) is 14.9 Å². The van der Waals surface area contributed by atoms with E-state index < -0.39 is 17.3 Å². The number of nitrogens with one attached hydrogen (secondary N) is 2. The molecule has 4 unspecified atom stereocenters. The average molecular weight is 686 g/mol. The lowest BCUT2D eigenvalue weighted by Crippen LogP contribution is -2.47. The molecule has 0 radical (unpaired) electrons. The molecule has 0 bridgehead atoms. The molecule has 2 N–H and O–H groups in total. The fraction of sp³-hybridized carbons (Fsp3) is 0.562. The van der Waals surface area contributed by atoms with E-state index in [-0.39, 0.29) is 43.5 Å². The fourth-order valence-electron chi connectivity index (χ4n) is 6.04. The lowest BCUT2D eigenvalue weighted by molar-refractivity contribution is -0.757. The van der Waals surface area contributed by atoms with Crippen molar-refractivity contribution in [2.45, 2.75) is 56.5 Å². The van der Waals surface area contributed by atoms with Crippen LogP contribution in [0.4, 0.5) is 10.5 Å². The van der Waals surface area contributed by atoms with E-state index in [1.54, 1.807) is 14.2 Å². The molecule has 4 atom stereocenters. The van der Waals surface area contributed by atoms with Gasteiger partial charge in [-0.3, -0.25) is 0 Å². The summed E-state index contributed by atoms with van der Waals surface area (Å²) < 4.78 is 33.9. The van der Waals surface area contributed by atoms with Crippen molar-refractivity contribution in [2.24, 2.45) is 0 Å². The van der Waals surface area contributed by atoms with E-state index in [0.29, 0.717) is 39.2 Å². The maximum Gasteiger partial charge on any atom is 0.508 e. The largest absolute Gasteiger partial charge is 0.508 e. The third-order valence-electron chi connectivity index (χ3n) is 8.45. The molecule has 5 rings (SSSR count). The number of anilines is 1. The standard InChI is InChI=1S/C32H43N7O10/c1-43-13-3-11-38-12-16-45-28-10-5-22(17-27(28)38)21-47-30-20-33-24(18-26(30)23-6-8-25(44-2)9-7-23)19-29(31-34-36-37-35-31)49-32(40)46-14-4-15-48-39(41)42/h5-10,17,24,26,29-30,33H,3-4,11-16,18-21H2,1-2H3,(H,34,35,36,37). The van der Waals surface area contributed by atoms with Crippen LogP contribution >= 0.6 is 0 Å². The summed E-state index contributed by atoms with van der Waals surface area (Å²) in [4.78, 5) is 29.4. The summed E-state index contributed by atoms with van der Waals surface area (Å²) in [5.41, 5.74) is 3.20. The van der Waals surface area contributed by atoms with Crippen LogP contribution in [0.25, 0.3) is 0 Å². The fourth-order valence-corrected chi connectivity index (χ4v) is 6.04. The van der Waals surface area contributed by atoms with Crippen molar-refractivity contribution in [3.05, 3.63) is 69.5 Å². The molecule has 0 amide bonds. The Labute approximate surface area is 283 Å². The number of carbonyl (C=O) groups is 1. The number of fused-ring (bicyclic) bond motifs is 1. The monoisotopic (exact) mass is 685 g/mol. The van der Waals surface area contributed by atoms with Crippen molar-refractivity contribution in [1.82, 2.24) is 25.9 Å². The predicted octanol–water partition coefficient (Wildman–Crippen LogP) is 3.36. The van der Waals surface area contributed by atoms with E-state index >= 15 is 0 Å². The van der Waals surface area contributed by atoms with E-state index in [1.165, 1.54) is 0 Å². The van der Waals surface area contributed by atoms with Gasteiger partial charge in [0.05, 0.1) is 45.3 Å². The second kappa shape index (κ2) is 18.1. The van der Waals surface area contributed by atoms with Crippen LogP contribution in [-0.2, 0) is 30.4 Å². The Morgan fingerprint density at radius 1 is 1.14 bits per heavy atom. The number of benzene rings is 2. The zero-order valence-electron chi connectivity index (χ0n) is 27.7. The Kier molecular flexibility index (Phi) is 13.2. The summed E-state index contributed by atoms with van der Waals surface area (Å²) >= 11 is 0. The number of aromatic amines is 1.